The van der Waals surface area contributed by atoms with Crippen molar-refractivity contribution in [3.63, 3.8) is 0 Å². The number of benzene rings is 2. The second-order valence-corrected chi connectivity index (χ2v) is 10.8. The van der Waals surface area contributed by atoms with Crippen molar-refractivity contribution in [1.82, 2.24) is 0 Å². The maximum Gasteiger partial charge on any atom is 0.508 e. The molecule has 36 heavy (non-hydrogen) atoms. The van der Waals surface area contributed by atoms with Gasteiger partial charge in [0.25, 0.3) is 11.4 Å². The summed E-state index contributed by atoms with van der Waals surface area (Å²) in [5, 5.41) is 23.1. The number of aryl methyl sites for hydroxylation is 2. The van der Waals surface area contributed by atoms with Crippen LogP contribution >= 0.6 is 0 Å². The van der Waals surface area contributed by atoms with Gasteiger partial charge in [-0.1, -0.05) is 55.4 Å². The molecule has 9 nitrogen and oxygen atoms in total. The Labute approximate surface area is 212 Å². The molecule has 0 bridgehead atoms. The van der Waals surface area contributed by atoms with E-state index >= 15 is 0 Å². The minimum Gasteiger partial charge on any atom is -0.429 e. The van der Waals surface area contributed by atoms with Crippen LogP contribution in [0.3, 0.4) is 0 Å². The minimum atomic E-state index is -0.959. The molecule has 0 amide bonds. The van der Waals surface area contributed by atoms with Crippen molar-refractivity contribution in [1.29, 1.82) is 0 Å². The largest absolute Gasteiger partial charge is 0.508 e. The smallest absolute Gasteiger partial charge is 0.429 e. The molecule has 0 fully saturated rings. The monoisotopic (exact) mass is 500 g/mol. The summed E-state index contributed by atoms with van der Waals surface area (Å²) >= 11 is 0. The molecular weight excluding hydrogens is 464 g/mol. The van der Waals surface area contributed by atoms with Crippen molar-refractivity contribution in [2.75, 3.05) is 0 Å². The third-order valence-corrected chi connectivity index (χ3v) is 6.07. The van der Waals surface area contributed by atoms with Crippen LogP contribution in [-0.4, -0.2) is 16.0 Å². The summed E-state index contributed by atoms with van der Waals surface area (Å²) in [6, 6.07) is 6.51. The van der Waals surface area contributed by atoms with E-state index in [-0.39, 0.29) is 35.4 Å². The van der Waals surface area contributed by atoms with Gasteiger partial charge in [0, 0.05) is 34.4 Å². The Morgan fingerprint density at radius 3 is 1.28 bits per heavy atom. The van der Waals surface area contributed by atoms with E-state index in [4.69, 9.17) is 9.47 Å². The predicted molar refractivity (Wildman–Crippen MR) is 137 cm³/mol. The Kier molecular flexibility index (Phi) is 8.83. The van der Waals surface area contributed by atoms with Gasteiger partial charge in [0.2, 0.25) is 0 Å². The third-order valence-electron chi connectivity index (χ3n) is 6.07. The van der Waals surface area contributed by atoms with Crippen LogP contribution in [0, 0.1) is 20.2 Å². The van der Waals surface area contributed by atoms with Gasteiger partial charge in [0.15, 0.2) is 0 Å². The second-order valence-electron chi connectivity index (χ2n) is 10.8. The van der Waals surface area contributed by atoms with Crippen molar-refractivity contribution >= 4 is 17.5 Å². The lowest BCUT2D eigenvalue weighted by Gasteiger charge is -2.24. The average molecular weight is 501 g/mol. The third kappa shape index (κ3) is 6.80. The molecule has 0 saturated heterocycles. The molecule has 2 aromatic rings. The van der Waals surface area contributed by atoms with Gasteiger partial charge in [-0.2, -0.15) is 0 Å². The van der Waals surface area contributed by atoms with E-state index in [0.717, 1.165) is 11.1 Å². The highest BCUT2D eigenvalue weighted by Crippen LogP contribution is 2.34. The van der Waals surface area contributed by atoms with Crippen LogP contribution in [0.25, 0.3) is 0 Å². The molecule has 0 aliphatic heterocycles. The topological polar surface area (TPSA) is 122 Å². The number of ether oxygens (including phenoxy) is 2. The normalized spacial score (nSPS) is 11.8. The summed E-state index contributed by atoms with van der Waals surface area (Å²) in [4.78, 5) is 34.7. The highest BCUT2D eigenvalue weighted by Gasteiger charge is 2.26. The number of nitro groups is 2. The van der Waals surface area contributed by atoms with Crippen LogP contribution in [-0.2, 0) is 46.4 Å². The van der Waals surface area contributed by atoms with Gasteiger partial charge in [-0.05, 0) is 46.9 Å². The number of rotatable bonds is 8. The van der Waals surface area contributed by atoms with Crippen molar-refractivity contribution in [2.24, 2.45) is 0 Å². The Bertz CT molecular complexity index is 1070. The highest BCUT2D eigenvalue weighted by atomic mass is 16.7. The molecule has 0 aliphatic carbocycles. The molecule has 0 heterocycles. The minimum absolute atomic E-state index is 0.0180. The fourth-order valence-electron chi connectivity index (χ4n) is 4.21. The molecule has 0 aliphatic rings. The molecule has 0 aromatic heterocycles. The lowest BCUT2D eigenvalue weighted by molar-refractivity contribution is -0.385. The zero-order valence-corrected chi connectivity index (χ0v) is 22.4. The molecule has 0 saturated carbocycles. The molecule has 2 rings (SSSR count). The first kappa shape index (κ1) is 28.7. The molecule has 0 unspecified atom stereocenters. The summed E-state index contributed by atoms with van der Waals surface area (Å²) < 4.78 is 10.6. The summed E-state index contributed by atoms with van der Waals surface area (Å²) in [7, 11) is 0. The van der Waals surface area contributed by atoms with Crippen molar-refractivity contribution in [3.05, 3.63) is 77.9 Å². The molecular formula is C27H36N2O7. The maximum absolute atomic E-state index is 12.5. The average Bonchev–Trinajstić information content (AvgIpc) is 2.78. The van der Waals surface area contributed by atoms with Crippen molar-refractivity contribution in [2.45, 2.75) is 92.3 Å². The Morgan fingerprint density at radius 1 is 0.694 bits per heavy atom. The van der Waals surface area contributed by atoms with Crippen molar-refractivity contribution < 1.29 is 24.1 Å². The van der Waals surface area contributed by atoms with Gasteiger partial charge < -0.3 is 9.47 Å². The van der Waals surface area contributed by atoms with Gasteiger partial charge in [0.05, 0.1) is 9.85 Å². The number of hydrogen-bond acceptors (Lipinski definition) is 7. The van der Waals surface area contributed by atoms with Gasteiger partial charge in [-0.25, -0.2) is 4.79 Å². The quantitative estimate of drug-likeness (QED) is 0.216. The lowest BCUT2D eigenvalue weighted by Crippen LogP contribution is -2.18. The fraction of sp³-hybridized carbons (Fsp3) is 0.519. The van der Waals surface area contributed by atoms with Crippen LogP contribution in [0.5, 0.6) is 0 Å². The Balaban J connectivity index is 2.29. The zero-order valence-electron chi connectivity index (χ0n) is 22.4. The van der Waals surface area contributed by atoms with E-state index in [1.807, 2.05) is 55.4 Å². The number of nitro benzene ring substituents is 2. The first-order valence-electron chi connectivity index (χ1n) is 12.0. The van der Waals surface area contributed by atoms with E-state index < -0.39 is 16.0 Å². The van der Waals surface area contributed by atoms with Crippen LogP contribution in [0.1, 0.15) is 88.8 Å². The van der Waals surface area contributed by atoms with Crippen LogP contribution in [0.2, 0.25) is 0 Å². The fourth-order valence-corrected chi connectivity index (χ4v) is 4.21. The standard InChI is InChI=1S/C27H36N2O7/c1-9-17-11-21(26(3,4)5)19(13-23(17)28(31)32)15-35-25(30)36-16-20-14-24(29(33)34)18(10-2)12-22(20)27(6,7)8/h11-14H,9-10,15-16H2,1-8H3. The van der Waals surface area contributed by atoms with E-state index in [9.17, 15) is 25.0 Å². The number of nitrogens with zero attached hydrogens (tertiary/aromatic N) is 2. The summed E-state index contributed by atoms with van der Waals surface area (Å²) in [6.45, 7) is 15.2. The van der Waals surface area contributed by atoms with Crippen molar-refractivity contribution in [3.8, 4) is 0 Å². The summed E-state index contributed by atoms with van der Waals surface area (Å²) in [5.74, 6) is 0. The van der Waals surface area contributed by atoms with Gasteiger partial charge in [-0.3, -0.25) is 20.2 Å². The molecule has 0 atom stereocenters. The Hall–Kier alpha value is -3.49. The Morgan fingerprint density at radius 2 is 1.03 bits per heavy atom. The lowest BCUT2D eigenvalue weighted by atomic mass is 9.82. The maximum atomic E-state index is 12.5. The van der Waals surface area contributed by atoms with Crippen LogP contribution in [0.4, 0.5) is 16.2 Å². The molecule has 196 valence electrons. The molecule has 0 spiro atoms. The van der Waals surface area contributed by atoms with Gasteiger partial charge in [-0.15, -0.1) is 0 Å². The zero-order chi connectivity index (χ0) is 27.4. The van der Waals surface area contributed by atoms with E-state index in [1.54, 1.807) is 12.1 Å². The predicted octanol–water partition coefficient (Wildman–Crippen LogP) is 7.08. The number of carbonyl (C=O) groups excluding carboxylic acids is 1. The number of carbonyl (C=O) groups is 1. The second kappa shape index (κ2) is 11.1. The van der Waals surface area contributed by atoms with Gasteiger partial charge in [0.1, 0.15) is 13.2 Å². The van der Waals surface area contributed by atoms with Gasteiger partial charge >= 0.3 is 6.16 Å². The SMILES string of the molecule is CCc1cc(C(C)(C)C)c(COC(=O)OCc2cc([N+](=O)[O-])c(CC)cc2C(C)(C)C)cc1[N+](=O)[O-]. The number of hydrogen-bond donors (Lipinski definition) is 0. The van der Waals surface area contributed by atoms with Crippen LogP contribution in [0.15, 0.2) is 24.3 Å². The van der Waals surface area contributed by atoms with E-state index in [2.05, 4.69) is 0 Å². The summed E-state index contributed by atoms with van der Waals surface area (Å²) in [5.41, 5.74) is 3.28. The summed E-state index contributed by atoms with van der Waals surface area (Å²) in [6.07, 6.45) is 0.0441. The molecule has 2 aromatic carbocycles. The first-order valence-corrected chi connectivity index (χ1v) is 12.0. The van der Waals surface area contributed by atoms with E-state index in [1.165, 1.54) is 12.1 Å². The molecule has 0 N–H and O–H groups in total. The highest BCUT2D eigenvalue weighted by molar-refractivity contribution is 5.61. The van der Waals surface area contributed by atoms with Crippen LogP contribution < -0.4 is 0 Å². The molecule has 0 radical (unpaired) electrons. The van der Waals surface area contributed by atoms with E-state index in [0.29, 0.717) is 35.1 Å². The first-order chi connectivity index (χ1) is 16.6. The molecule has 9 heteroatoms.